The summed E-state index contributed by atoms with van der Waals surface area (Å²) in [5.41, 5.74) is 3.63. The van der Waals surface area contributed by atoms with Crippen molar-refractivity contribution in [3.8, 4) is 5.75 Å². The van der Waals surface area contributed by atoms with Gasteiger partial charge in [-0.25, -0.2) is 9.97 Å². The third-order valence-electron chi connectivity index (χ3n) is 3.22. The van der Waals surface area contributed by atoms with Crippen LogP contribution in [0.5, 0.6) is 5.75 Å². The Morgan fingerprint density at radius 3 is 3.11 bits per heavy atom. The van der Waals surface area contributed by atoms with Gasteiger partial charge in [0.15, 0.2) is 0 Å². The molecule has 19 heavy (non-hydrogen) atoms. The summed E-state index contributed by atoms with van der Waals surface area (Å²) in [7, 11) is 0. The number of benzene rings is 1. The molecule has 1 aliphatic rings. The Bertz CT molecular complexity index is 583. The van der Waals surface area contributed by atoms with Gasteiger partial charge in [-0.2, -0.15) is 0 Å². The van der Waals surface area contributed by atoms with E-state index in [9.17, 15) is 0 Å². The van der Waals surface area contributed by atoms with Gasteiger partial charge in [-0.15, -0.1) is 0 Å². The summed E-state index contributed by atoms with van der Waals surface area (Å²) in [5, 5.41) is 3.41. The highest BCUT2D eigenvalue weighted by atomic mass is 16.5. The van der Waals surface area contributed by atoms with Gasteiger partial charge in [-0.1, -0.05) is 12.1 Å². The molecule has 2 aromatic rings. The Balaban J connectivity index is 1.58. The summed E-state index contributed by atoms with van der Waals surface area (Å²) in [6.45, 7) is 4.32. The van der Waals surface area contributed by atoms with Crippen LogP contribution in [-0.4, -0.2) is 16.6 Å². The molecule has 0 saturated carbocycles. The van der Waals surface area contributed by atoms with Crippen molar-refractivity contribution in [3.05, 3.63) is 53.1 Å². The number of aryl methyl sites for hydroxylation is 1. The fraction of sp³-hybridized carbons (Fsp3) is 0.333. The van der Waals surface area contributed by atoms with E-state index < -0.39 is 0 Å². The number of fused-ring (bicyclic) bond motifs is 1. The van der Waals surface area contributed by atoms with Gasteiger partial charge in [0.2, 0.25) is 0 Å². The highest BCUT2D eigenvalue weighted by molar-refractivity contribution is 5.39. The van der Waals surface area contributed by atoms with E-state index in [2.05, 4.69) is 33.5 Å². The molecule has 3 rings (SSSR count). The molecule has 4 heteroatoms. The van der Waals surface area contributed by atoms with E-state index in [1.54, 1.807) is 6.20 Å². The van der Waals surface area contributed by atoms with E-state index in [1.807, 2.05) is 13.0 Å². The quantitative estimate of drug-likeness (QED) is 0.908. The van der Waals surface area contributed by atoms with Gasteiger partial charge < -0.3 is 10.1 Å². The molecular weight excluding hydrogens is 238 g/mol. The van der Waals surface area contributed by atoms with Crippen LogP contribution in [0.1, 0.15) is 22.6 Å². The lowest BCUT2D eigenvalue weighted by molar-refractivity contribution is 0.357. The lowest BCUT2D eigenvalue weighted by Gasteiger charge is -2.06. The van der Waals surface area contributed by atoms with E-state index >= 15 is 0 Å². The van der Waals surface area contributed by atoms with Crippen LogP contribution in [0.4, 0.5) is 0 Å². The van der Waals surface area contributed by atoms with Crippen molar-refractivity contribution in [1.29, 1.82) is 0 Å². The molecule has 1 aromatic carbocycles. The number of ether oxygens (including phenoxy) is 1. The Kier molecular flexibility index (Phi) is 3.42. The molecule has 0 aliphatic carbocycles. The first-order valence-corrected chi connectivity index (χ1v) is 6.55. The summed E-state index contributed by atoms with van der Waals surface area (Å²) < 4.78 is 5.50. The van der Waals surface area contributed by atoms with Crippen molar-refractivity contribution in [2.24, 2.45) is 0 Å². The molecular formula is C15H17N3O. The second-order valence-electron chi connectivity index (χ2n) is 4.74. The SMILES string of the molecule is Cc1nccc(CNCc2ccc3c(c2)CCO3)n1. The second-order valence-corrected chi connectivity index (χ2v) is 4.74. The van der Waals surface area contributed by atoms with Crippen LogP contribution < -0.4 is 10.1 Å². The standard InChI is InChI=1S/C15H17N3O/c1-11-17-6-4-14(18-11)10-16-9-12-2-3-15-13(8-12)5-7-19-15/h2-4,6,8,16H,5,7,9-10H2,1H3. The average Bonchev–Trinajstić information content (AvgIpc) is 2.86. The van der Waals surface area contributed by atoms with Gasteiger partial charge in [0.1, 0.15) is 11.6 Å². The van der Waals surface area contributed by atoms with E-state index in [0.717, 1.165) is 43.4 Å². The van der Waals surface area contributed by atoms with E-state index in [0.29, 0.717) is 0 Å². The largest absolute Gasteiger partial charge is 0.493 e. The minimum absolute atomic E-state index is 0.761. The van der Waals surface area contributed by atoms with Crippen molar-refractivity contribution in [1.82, 2.24) is 15.3 Å². The van der Waals surface area contributed by atoms with Crippen molar-refractivity contribution >= 4 is 0 Å². The molecule has 1 aromatic heterocycles. The highest BCUT2D eigenvalue weighted by Crippen LogP contribution is 2.25. The van der Waals surface area contributed by atoms with Gasteiger partial charge in [-0.05, 0) is 30.2 Å². The lowest BCUT2D eigenvalue weighted by Crippen LogP contribution is -2.14. The minimum atomic E-state index is 0.761. The number of rotatable bonds is 4. The zero-order valence-electron chi connectivity index (χ0n) is 11.0. The smallest absolute Gasteiger partial charge is 0.125 e. The van der Waals surface area contributed by atoms with Crippen LogP contribution in [0.15, 0.2) is 30.5 Å². The van der Waals surface area contributed by atoms with Crippen molar-refractivity contribution in [2.45, 2.75) is 26.4 Å². The molecule has 1 N–H and O–H groups in total. The fourth-order valence-electron chi connectivity index (χ4n) is 2.29. The molecule has 2 heterocycles. The molecule has 0 spiro atoms. The van der Waals surface area contributed by atoms with Gasteiger partial charge in [0, 0.05) is 25.7 Å². The van der Waals surface area contributed by atoms with Crippen molar-refractivity contribution in [2.75, 3.05) is 6.61 Å². The molecule has 1 aliphatic heterocycles. The zero-order chi connectivity index (χ0) is 13.1. The van der Waals surface area contributed by atoms with E-state index in [-0.39, 0.29) is 0 Å². The zero-order valence-corrected chi connectivity index (χ0v) is 11.0. The predicted octanol–water partition coefficient (Wildman–Crippen LogP) is 2.01. The molecule has 0 atom stereocenters. The number of hydrogen-bond acceptors (Lipinski definition) is 4. The molecule has 0 fully saturated rings. The van der Waals surface area contributed by atoms with Gasteiger partial charge in [-0.3, -0.25) is 0 Å². The monoisotopic (exact) mass is 255 g/mol. The van der Waals surface area contributed by atoms with Crippen LogP contribution in [0.25, 0.3) is 0 Å². The van der Waals surface area contributed by atoms with Gasteiger partial charge in [0.25, 0.3) is 0 Å². The Morgan fingerprint density at radius 2 is 2.21 bits per heavy atom. The van der Waals surface area contributed by atoms with Crippen LogP contribution >= 0.6 is 0 Å². The Hall–Kier alpha value is -1.94. The maximum absolute atomic E-state index is 5.50. The number of aromatic nitrogens is 2. The molecule has 98 valence electrons. The highest BCUT2D eigenvalue weighted by Gasteiger charge is 2.11. The number of nitrogens with zero attached hydrogens (tertiary/aromatic N) is 2. The topological polar surface area (TPSA) is 47.0 Å². The van der Waals surface area contributed by atoms with E-state index in [4.69, 9.17) is 4.74 Å². The maximum atomic E-state index is 5.50. The summed E-state index contributed by atoms with van der Waals surface area (Å²) in [5.74, 6) is 1.85. The molecule has 0 unspecified atom stereocenters. The molecule has 4 nitrogen and oxygen atoms in total. The second kappa shape index (κ2) is 5.36. The van der Waals surface area contributed by atoms with Crippen LogP contribution in [0.2, 0.25) is 0 Å². The molecule has 0 radical (unpaired) electrons. The predicted molar refractivity (Wildman–Crippen MR) is 73.0 cm³/mol. The number of hydrogen-bond donors (Lipinski definition) is 1. The van der Waals surface area contributed by atoms with Crippen LogP contribution in [0.3, 0.4) is 0 Å². The Labute approximate surface area is 112 Å². The minimum Gasteiger partial charge on any atom is -0.493 e. The first kappa shape index (κ1) is 12.1. The van der Waals surface area contributed by atoms with Gasteiger partial charge in [0.05, 0.1) is 12.3 Å². The normalized spacial score (nSPS) is 13.1. The van der Waals surface area contributed by atoms with Crippen molar-refractivity contribution < 1.29 is 4.74 Å². The number of nitrogens with one attached hydrogen (secondary N) is 1. The summed E-state index contributed by atoms with van der Waals surface area (Å²) in [6, 6.07) is 8.34. The summed E-state index contributed by atoms with van der Waals surface area (Å²) in [6.07, 6.45) is 2.82. The lowest BCUT2D eigenvalue weighted by atomic mass is 10.1. The van der Waals surface area contributed by atoms with Crippen LogP contribution in [-0.2, 0) is 19.5 Å². The molecule has 0 amide bonds. The fourth-order valence-corrected chi connectivity index (χ4v) is 2.29. The molecule has 0 bridgehead atoms. The van der Waals surface area contributed by atoms with E-state index in [1.165, 1.54) is 11.1 Å². The third kappa shape index (κ3) is 2.90. The third-order valence-corrected chi connectivity index (χ3v) is 3.22. The van der Waals surface area contributed by atoms with Gasteiger partial charge >= 0.3 is 0 Å². The summed E-state index contributed by atoms with van der Waals surface area (Å²) >= 11 is 0. The Morgan fingerprint density at radius 1 is 1.26 bits per heavy atom. The first-order valence-electron chi connectivity index (χ1n) is 6.55. The summed E-state index contributed by atoms with van der Waals surface area (Å²) in [4.78, 5) is 8.46. The maximum Gasteiger partial charge on any atom is 0.125 e. The molecule has 0 saturated heterocycles. The van der Waals surface area contributed by atoms with Crippen LogP contribution in [0, 0.1) is 6.92 Å². The van der Waals surface area contributed by atoms with Crippen molar-refractivity contribution in [3.63, 3.8) is 0 Å². The average molecular weight is 255 g/mol. The first-order chi connectivity index (χ1) is 9.31.